The fourth-order valence-corrected chi connectivity index (χ4v) is 2.45. The maximum Gasteiger partial charge on any atom is 0.244 e. The summed E-state index contributed by atoms with van der Waals surface area (Å²) in [5, 5.41) is 3.80. The highest BCUT2D eigenvalue weighted by molar-refractivity contribution is 6.31. The number of halogens is 2. The Labute approximate surface area is 145 Å². The predicted molar refractivity (Wildman–Crippen MR) is 94.3 cm³/mol. The standard InChI is InChI=1S/C17H16Cl2N2O2/c1-11-6-7-14(19)9-16(11)20-17(23)10-21(12(2)22)15-5-3-4-13(18)8-15/h3-9H,10H2,1-2H3,(H,20,23). The lowest BCUT2D eigenvalue weighted by atomic mass is 10.2. The van der Waals surface area contributed by atoms with E-state index < -0.39 is 0 Å². The minimum Gasteiger partial charge on any atom is -0.324 e. The molecule has 0 unspecified atom stereocenters. The lowest BCUT2D eigenvalue weighted by Crippen LogP contribution is -2.36. The summed E-state index contributed by atoms with van der Waals surface area (Å²) >= 11 is 11.9. The number of hydrogen-bond acceptors (Lipinski definition) is 2. The van der Waals surface area contributed by atoms with Crippen LogP contribution in [0.3, 0.4) is 0 Å². The number of carbonyl (C=O) groups excluding carboxylic acids is 2. The van der Waals surface area contributed by atoms with E-state index in [0.29, 0.717) is 21.4 Å². The first-order chi connectivity index (χ1) is 10.9. The fraction of sp³-hybridized carbons (Fsp3) is 0.176. The van der Waals surface area contributed by atoms with E-state index in [1.165, 1.54) is 11.8 Å². The van der Waals surface area contributed by atoms with Crippen molar-refractivity contribution in [3.8, 4) is 0 Å². The van der Waals surface area contributed by atoms with Crippen molar-refractivity contribution in [2.24, 2.45) is 0 Å². The summed E-state index contributed by atoms with van der Waals surface area (Å²) in [6, 6.07) is 12.0. The van der Waals surface area contributed by atoms with Crippen LogP contribution in [-0.4, -0.2) is 18.4 Å². The summed E-state index contributed by atoms with van der Waals surface area (Å²) < 4.78 is 0. The summed E-state index contributed by atoms with van der Waals surface area (Å²) in [6.45, 7) is 3.16. The van der Waals surface area contributed by atoms with Crippen LogP contribution in [0.2, 0.25) is 10.0 Å². The first kappa shape index (κ1) is 17.3. The number of nitrogens with zero attached hydrogens (tertiary/aromatic N) is 1. The summed E-state index contributed by atoms with van der Waals surface area (Å²) in [5.41, 5.74) is 2.08. The van der Waals surface area contributed by atoms with E-state index in [1.54, 1.807) is 36.4 Å². The second-order valence-corrected chi connectivity index (χ2v) is 5.97. The van der Waals surface area contributed by atoms with Crippen LogP contribution in [0.1, 0.15) is 12.5 Å². The van der Waals surface area contributed by atoms with Crippen LogP contribution in [0.5, 0.6) is 0 Å². The van der Waals surface area contributed by atoms with Crippen LogP contribution < -0.4 is 10.2 Å². The van der Waals surface area contributed by atoms with Gasteiger partial charge < -0.3 is 10.2 Å². The third-order valence-corrected chi connectivity index (χ3v) is 3.75. The van der Waals surface area contributed by atoms with Crippen molar-refractivity contribution in [1.82, 2.24) is 0 Å². The Bertz CT molecular complexity index is 747. The topological polar surface area (TPSA) is 49.4 Å². The molecule has 0 bridgehead atoms. The van der Waals surface area contributed by atoms with Crippen LogP contribution in [0.4, 0.5) is 11.4 Å². The summed E-state index contributed by atoms with van der Waals surface area (Å²) in [7, 11) is 0. The van der Waals surface area contributed by atoms with Gasteiger partial charge in [0.2, 0.25) is 11.8 Å². The van der Waals surface area contributed by atoms with Crippen LogP contribution in [-0.2, 0) is 9.59 Å². The maximum absolute atomic E-state index is 12.3. The summed E-state index contributed by atoms with van der Waals surface area (Å²) in [6.07, 6.45) is 0. The number of nitrogens with one attached hydrogen (secondary N) is 1. The third kappa shape index (κ3) is 4.71. The van der Waals surface area contributed by atoms with Crippen molar-refractivity contribution in [2.45, 2.75) is 13.8 Å². The van der Waals surface area contributed by atoms with Gasteiger partial charge in [0, 0.05) is 28.3 Å². The van der Waals surface area contributed by atoms with Gasteiger partial charge in [-0.1, -0.05) is 35.3 Å². The smallest absolute Gasteiger partial charge is 0.244 e. The molecule has 2 rings (SSSR count). The van der Waals surface area contributed by atoms with Gasteiger partial charge in [0.1, 0.15) is 6.54 Å². The molecule has 0 atom stereocenters. The van der Waals surface area contributed by atoms with Crippen molar-refractivity contribution in [2.75, 3.05) is 16.8 Å². The zero-order valence-corrected chi connectivity index (χ0v) is 14.3. The Morgan fingerprint density at radius 1 is 1.09 bits per heavy atom. The van der Waals surface area contributed by atoms with Gasteiger partial charge in [-0.3, -0.25) is 9.59 Å². The van der Waals surface area contributed by atoms with Gasteiger partial charge in [-0.05, 0) is 42.8 Å². The Morgan fingerprint density at radius 2 is 1.78 bits per heavy atom. The molecule has 6 heteroatoms. The molecule has 0 saturated carbocycles. The number of rotatable bonds is 4. The van der Waals surface area contributed by atoms with Crippen molar-refractivity contribution in [3.05, 3.63) is 58.1 Å². The molecule has 0 aliphatic carbocycles. The number of amides is 2. The highest BCUT2D eigenvalue weighted by Crippen LogP contribution is 2.22. The van der Waals surface area contributed by atoms with Gasteiger partial charge in [0.15, 0.2) is 0 Å². The lowest BCUT2D eigenvalue weighted by molar-refractivity contribution is -0.120. The minimum atomic E-state index is -0.314. The molecular weight excluding hydrogens is 335 g/mol. The maximum atomic E-state index is 12.3. The van der Waals surface area contributed by atoms with E-state index in [4.69, 9.17) is 23.2 Å². The first-order valence-corrected chi connectivity index (χ1v) is 7.72. The van der Waals surface area contributed by atoms with Gasteiger partial charge >= 0.3 is 0 Å². The highest BCUT2D eigenvalue weighted by Gasteiger charge is 2.16. The molecule has 120 valence electrons. The molecule has 0 radical (unpaired) electrons. The molecule has 4 nitrogen and oxygen atoms in total. The molecule has 0 saturated heterocycles. The lowest BCUT2D eigenvalue weighted by Gasteiger charge is -2.21. The molecule has 0 aliphatic rings. The van der Waals surface area contributed by atoms with E-state index in [1.807, 2.05) is 13.0 Å². The Balaban J connectivity index is 2.15. The number of carbonyl (C=O) groups is 2. The fourth-order valence-electron chi connectivity index (χ4n) is 2.09. The SMILES string of the molecule is CC(=O)N(CC(=O)Nc1cc(Cl)ccc1C)c1cccc(Cl)c1. The number of hydrogen-bond donors (Lipinski definition) is 1. The summed E-state index contributed by atoms with van der Waals surface area (Å²) in [5.74, 6) is -0.559. The molecule has 0 heterocycles. The Hall–Kier alpha value is -2.04. The highest BCUT2D eigenvalue weighted by atomic mass is 35.5. The molecule has 2 aromatic rings. The van der Waals surface area contributed by atoms with Crippen molar-refractivity contribution >= 4 is 46.4 Å². The van der Waals surface area contributed by atoms with Crippen molar-refractivity contribution in [3.63, 3.8) is 0 Å². The van der Waals surface area contributed by atoms with Gasteiger partial charge in [-0.2, -0.15) is 0 Å². The molecule has 0 fully saturated rings. The quantitative estimate of drug-likeness (QED) is 0.893. The first-order valence-electron chi connectivity index (χ1n) is 6.96. The monoisotopic (exact) mass is 350 g/mol. The van der Waals surface area contributed by atoms with E-state index >= 15 is 0 Å². The average Bonchev–Trinajstić information content (AvgIpc) is 2.48. The molecular formula is C17H16Cl2N2O2. The van der Waals surface area contributed by atoms with Gasteiger partial charge in [0.25, 0.3) is 0 Å². The Morgan fingerprint density at radius 3 is 2.43 bits per heavy atom. The second kappa shape index (κ2) is 7.49. The van der Waals surface area contributed by atoms with E-state index in [9.17, 15) is 9.59 Å². The van der Waals surface area contributed by atoms with Crippen LogP contribution in [0.15, 0.2) is 42.5 Å². The van der Waals surface area contributed by atoms with Gasteiger partial charge in [-0.15, -0.1) is 0 Å². The van der Waals surface area contributed by atoms with Crippen molar-refractivity contribution < 1.29 is 9.59 Å². The summed E-state index contributed by atoms with van der Waals surface area (Å²) in [4.78, 5) is 25.5. The molecule has 23 heavy (non-hydrogen) atoms. The zero-order chi connectivity index (χ0) is 17.0. The number of benzene rings is 2. The van der Waals surface area contributed by atoms with Crippen molar-refractivity contribution in [1.29, 1.82) is 0 Å². The zero-order valence-electron chi connectivity index (χ0n) is 12.8. The third-order valence-electron chi connectivity index (χ3n) is 3.28. The van der Waals surface area contributed by atoms with E-state index in [-0.39, 0.29) is 18.4 Å². The predicted octanol–water partition coefficient (Wildman–Crippen LogP) is 4.29. The van der Waals surface area contributed by atoms with E-state index in [0.717, 1.165) is 5.56 Å². The molecule has 1 N–H and O–H groups in total. The minimum absolute atomic E-state index is 0.109. The van der Waals surface area contributed by atoms with Gasteiger partial charge in [-0.25, -0.2) is 0 Å². The second-order valence-electron chi connectivity index (χ2n) is 5.09. The molecule has 2 amide bonds. The number of anilines is 2. The largest absolute Gasteiger partial charge is 0.324 e. The Kier molecular flexibility index (Phi) is 5.64. The molecule has 0 spiro atoms. The normalized spacial score (nSPS) is 10.3. The van der Waals surface area contributed by atoms with Crippen LogP contribution >= 0.6 is 23.2 Å². The van der Waals surface area contributed by atoms with E-state index in [2.05, 4.69) is 5.32 Å². The molecule has 2 aromatic carbocycles. The van der Waals surface area contributed by atoms with Crippen LogP contribution in [0, 0.1) is 6.92 Å². The van der Waals surface area contributed by atoms with Crippen LogP contribution in [0.25, 0.3) is 0 Å². The number of aryl methyl sites for hydroxylation is 1. The average molecular weight is 351 g/mol. The van der Waals surface area contributed by atoms with Gasteiger partial charge in [0.05, 0.1) is 0 Å². The molecule has 0 aromatic heterocycles. The molecule has 0 aliphatic heterocycles.